The maximum atomic E-state index is 11.5. The highest BCUT2D eigenvalue weighted by atomic mass is 35.5. The van der Waals surface area contributed by atoms with Gasteiger partial charge in [0.2, 0.25) is 0 Å². The van der Waals surface area contributed by atoms with Crippen LogP contribution < -0.4 is 9.47 Å². The molecule has 3 rings (SSSR count). The van der Waals surface area contributed by atoms with Crippen molar-refractivity contribution in [3.8, 4) is 17.6 Å². The molecule has 0 radical (unpaired) electrons. The summed E-state index contributed by atoms with van der Waals surface area (Å²) in [6.45, 7) is 2.48. The van der Waals surface area contributed by atoms with Crippen LogP contribution in [0.2, 0.25) is 5.02 Å². The van der Waals surface area contributed by atoms with E-state index in [1.807, 2.05) is 25.1 Å². The Bertz CT molecular complexity index is 859. The molecular formula is C21H22ClNO3. The van der Waals surface area contributed by atoms with Gasteiger partial charge in [0.05, 0.1) is 24.3 Å². The number of nitriles is 1. The third kappa shape index (κ3) is 3.25. The minimum atomic E-state index is -1.18. The first-order valence-electron chi connectivity index (χ1n) is 8.80. The van der Waals surface area contributed by atoms with Gasteiger partial charge in [0.1, 0.15) is 17.4 Å². The number of nitrogens with zero attached hydrogens (tertiary/aromatic N) is 1. The van der Waals surface area contributed by atoms with Crippen molar-refractivity contribution in [3.63, 3.8) is 0 Å². The highest BCUT2D eigenvalue weighted by Crippen LogP contribution is 2.44. The van der Waals surface area contributed by atoms with Crippen LogP contribution in [0.25, 0.3) is 0 Å². The smallest absolute Gasteiger partial charge is 0.155 e. The molecule has 4 nitrogen and oxygen atoms in total. The topological polar surface area (TPSA) is 62.5 Å². The van der Waals surface area contributed by atoms with Gasteiger partial charge in [-0.05, 0) is 66.6 Å². The van der Waals surface area contributed by atoms with Crippen LogP contribution in [0.1, 0.15) is 48.4 Å². The summed E-state index contributed by atoms with van der Waals surface area (Å²) in [5, 5.41) is 21.4. The van der Waals surface area contributed by atoms with E-state index < -0.39 is 5.60 Å². The Morgan fingerprint density at radius 1 is 1.31 bits per heavy atom. The first-order chi connectivity index (χ1) is 12.5. The van der Waals surface area contributed by atoms with Crippen molar-refractivity contribution in [3.05, 3.63) is 57.6 Å². The Morgan fingerprint density at radius 3 is 2.81 bits per heavy atom. The van der Waals surface area contributed by atoms with Gasteiger partial charge < -0.3 is 14.6 Å². The summed E-state index contributed by atoms with van der Waals surface area (Å²) in [6.07, 6.45) is 3.11. The summed E-state index contributed by atoms with van der Waals surface area (Å²) >= 11 is 6.40. The van der Waals surface area contributed by atoms with Gasteiger partial charge in [-0.25, -0.2) is 0 Å². The van der Waals surface area contributed by atoms with Gasteiger partial charge in [0.25, 0.3) is 0 Å². The van der Waals surface area contributed by atoms with Crippen molar-refractivity contribution in [2.24, 2.45) is 0 Å². The summed E-state index contributed by atoms with van der Waals surface area (Å²) in [5.74, 6) is 1.15. The van der Waals surface area contributed by atoms with Gasteiger partial charge in [-0.3, -0.25) is 0 Å². The first-order valence-corrected chi connectivity index (χ1v) is 9.18. The van der Waals surface area contributed by atoms with Crippen LogP contribution in [0.3, 0.4) is 0 Å². The van der Waals surface area contributed by atoms with Crippen LogP contribution in [0.4, 0.5) is 0 Å². The fourth-order valence-corrected chi connectivity index (χ4v) is 3.82. The van der Waals surface area contributed by atoms with E-state index in [2.05, 4.69) is 6.07 Å². The molecule has 0 fully saturated rings. The van der Waals surface area contributed by atoms with Crippen molar-refractivity contribution in [1.29, 1.82) is 5.26 Å². The largest absolute Gasteiger partial charge is 0.497 e. The molecule has 0 amide bonds. The van der Waals surface area contributed by atoms with Crippen LogP contribution in [0.5, 0.6) is 11.5 Å². The number of halogens is 1. The minimum absolute atomic E-state index is 0.343. The number of aryl methyl sites for hydroxylation is 1. The average molecular weight is 372 g/mol. The molecule has 1 N–H and O–H groups in total. The van der Waals surface area contributed by atoms with Crippen molar-refractivity contribution < 1.29 is 14.6 Å². The molecule has 1 aliphatic rings. The second kappa shape index (κ2) is 7.57. The molecule has 0 saturated carbocycles. The van der Waals surface area contributed by atoms with Gasteiger partial charge in [-0.15, -0.1) is 0 Å². The Labute approximate surface area is 158 Å². The Kier molecular flexibility index (Phi) is 5.41. The molecule has 0 heterocycles. The monoisotopic (exact) mass is 371 g/mol. The molecule has 1 atom stereocenters. The van der Waals surface area contributed by atoms with Gasteiger partial charge in [-0.2, -0.15) is 5.26 Å². The van der Waals surface area contributed by atoms with E-state index in [0.717, 1.165) is 36.1 Å². The second-order valence-electron chi connectivity index (χ2n) is 6.53. The lowest BCUT2D eigenvalue weighted by Crippen LogP contribution is -2.32. The van der Waals surface area contributed by atoms with E-state index >= 15 is 0 Å². The van der Waals surface area contributed by atoms with Gasteiger partial charge in [0, 0.05) is 0 Å². The van der Waals surface area contributed by atoms with Crippen LogP contribution in [-0.4, -0.2) is 18.8 Å². The number of hydrogen-bond acceptors (Lipinski definition) is 4. The van der Waals surface area contributed by atoms with E-state index in [1.165, 1.54) is 0 Å². The van der Waals surface area contributed by atoms with E-state index in [4.69, 9.17) is 21.1 Å². The molecule has 136 valence electrons. The normalized spacial score (nSPS) is 18.7. The predicted octanol–water partition coefficient (Wildman–Crippen LogP) is 4.58. The molecule has 2 aromatic rings. The van der Waals surface area contributed by atoms with Crippen LogP contribution in [0.15, 0.2) is 30.3 Å². The third-order valence-corrected chi connectivity index (χ3v) is 5.12. The number of aliphatic hydroxyl groups is 1. The lowest BCUT2D eigenvalue weighted by molar-refractivity contribution is 0.0614. The summed E-state index contributed by atoms with van der Waals surface area (Å²) < 4.78 is 10.9. The predicted molar refractivity (Wildman–Crippen MR) is 101 cm³/mol. The molecule has 0 bridgehead atoms. The van der Waals surface area contributed by atoms with Crippen molar-refractivity contribution in [1.82, 2.24) is 0 Å². The summed E-state index contributed by atoms with van der Waals surface area (Å²) in [5.41, 5.74) is 1.67. The summed E-state index contributed by atoms with van der Waals surface area (Å²) in [4.78, 5) is 0. The maximum absolute atomic E-state index is 11.5. The molecule has 26 heavy (non-hydrogen) atoms. The zero-order chi connectivity index (χ0) is 18.7. The highest BCUT2D eigenvalue weighted by molar-refractivity contribution is 6.32. The number of ether oxygens (including phenoxy) is 2. The zero-order valence-electron chi connectivity index (χ0n) is 15.0. The number of hydrogen-bond donors (Lipinski definition) is 1. The molecule has 1 aliphatic carbocycles. The number of benzene rings is 2. The Hall–Kier alpha value is -2.22. The molecule has 0 aromatic heterocycles. The highest BCUT2D eigenvalue weighted by Gasteiger charge is 2.37. The number of methoxy groups -OCH3 is 1. The fourth-order valence-electron chi connectivity index (χ4n) is 3.54. The molecule has 0 aliphatic heterocycles. The second-order valence-corrected chi connectivity index (χ2v) is 6.94. The van der Waals surface area contributed by atoms with Crippen molar-refractivity contribution in [2.45, 2.75) is 38.2 Å². The lowest BCUT2D eigenvalue weighted by Gasteiger charge is -2.35. The molecule has 0 spiro atoms. The molecule has 2 aromatic carbocycles. The van der Waals surface area contributed by atoms with E-state index in [-0.39, 0.29) is 0 Å². The summed E-state index contributed by atoms with van der Waals surface area (Å²) in [7, 11) is 1.63. The number of fused-ring (bicyclic) bond motifs is 1. The molecular weight excluding hydrogens is 350 g/mol. The Morgan fingerprint density at radius 2 is 2.12 bits per heavy atom. The summed E-state index contributed by atoms with van der Waals surface area (Å²) in [6, 6.07) is 11.3. The molecule has 0 saturated heterocycles. The SMILES string of the molecule is CCCOc1c(Cl)cc(C2(O)CCCc3cc(OC)ccc32)cc1C#N. The average Bonchev–Trinajstić information content (AvgIpc) is 2.66. The minimum Gasteiger partial charge on any atom is -0.497 e. The fraction of sp³-hybridized carbons (Fsp3) is 0.381. The molecule has 5 heteroatoms. The maximum Gasteiger partial charge on any atom is 0.155 e. The zero-order valence-corrected chi connectivity index (χ0v) is 15.8. The van der Waals surface area contributed by atoms with E-state index in [0.29, 0.717) is 34.9 Å². The quantitative estimate of drug-likeness (QED) is 0.835. The van der Waals surface area contributed by atoms with Crippen molar-refractivity contribution >= 4 is 11.6 Å². The third-order valence-electron chi connectivity index (χ3n) is 4.83. The first kappa shape index (κ1) is 18.6. The van der Waals surface area contributed by atoms with Crippen LogP contribution >= 0.6 is 11.6 Å². The van der Waals surface area contributed by atoms with Crippen LogP contribution in [0, 0.1) is 11.3 Å². The lowest BCUT2D eigenvalue weighted by atomic mass is 9.74. The Balaban J connectivity index is 2.10. The standard InChI is InChI=1S/C21H22ClNO3/c1-3-9-26-20-15(13-23)10-16(12-19(20)22)21(24)8-4-5-14-11-17(25-2)6-7-18(14)21/h6-7,10-12,24H,3-5,8-9H2,1-2H3. The van der Waals surface area contributed by atoms with E-state index in [9.17, 15) is 10.4 Å². The van der Waals surface area contributed by atoms with Gasteiger partial charge in [-0.1, -0.05) is 24.6 Å². The van der Waals surface area contributed by atoms with E-state index in [1.54, 1.807) is 19.2 Å². The van der Waals surface area contributed by atoms with Crippen LogP contribution in [-0.2, 0) is 12.0 Å². The van der Waals surface area contributed by atoms with Gasteiger partial charge >= 0.3 is 0 Å². The number of rotatable bonds is 5. The van der Waals surface area contributed by atoms with Crippen molar-refractivity contribution in [2.75, 3.05) is 13.7 Å². The molecule has 1 unspecified atom stereocenters. The van der Waals surface area contributed by atoms with Gasteiger partial charge in [0.15, 0.2) is 5.75 Å².